The molecule has 2 nitrogen and oxygen atoms in total. The van der Waals surface area contributed by atoms with Crippen molar-refractivity contribution in [3.05, 3.63) is 71.3 Å². The van der Waals surface area contributed by atoms with E-state index in [2.05, 4.69) is 5.16 Å². The number of oxime groups is 1. The summed E-state index contributed by atoms with van der Waals surface area (Å²) in [6.07, 6.45) is -3.33. The summed E-state index contributed by atoms with van der Waals surface area (Å²) >= 11 is 0. The van der Waals surface area contributed by atoms with E-state index in [0.717, 1.165) is 17.8 Å². The lowest BCUT2D eigenvalue weighted by Crippen LogP contribution is -2.08. The van der Waals surface area contributed by atoms with E-state index in [4.69, 9.17) is 4.84 Å². The van der Waals surface area contributed by atoms with E-state index in [1.54, 1.807) is 0 Å². The van der Waals surface area contributed by atoms with Crippen molar-refractivity contribution in [2.24, 2.45) is 5.16 Å². The first-order valence-corrected chi connectivity index (χ1v) is 5.93. The quantitative estimate of drug-likeness (QED) is 0.605. The molecule has 0 spiro atoms. The van der Waals surface area contributed by atoms with Crippen LogP contribution in [0.4, 0.5) is 13.2 Å². The third kappa shape index (κ3) is 3.85. The van der Waals surface area contributed by atoms with Crippen LogP contribution < -0.4 is 0 Å². The topological polar surface area (TPSA) is 21.6 Å². The molecule has 0 bridgehead atoms. The second-order valence-electron chi connectivity index (χ2n) is 4.08. The fraction of sp³-hybridized carbons (Fsp3) is 0.133. The first kappa shape index (κ1) is 14.1. The number of rotatable bonds is 4. The maximum atomic E-state index is 12.7. The zero-order chi connectivity index (χ0) is 14.4. The minimum absolute atomic E-state index is 0.0203. The Morgan fingerprint density at radius 1 is 0.950 bits per heavy atom. The predicted octanol–water partition coefficient (Wildman–Crippen LogP) is 4.26. The highest BCUT2D eigenvalue weighted by Gasteiger charge is 2.32. The smallest absolute Gasteiger partial charge is 0.391 e. The molecular formula is C15H12F3NO. The lowest BCUT2D eigenvalue weighted by atomic mass is 10.1. The lowest BCUT2D eigenvalue weighted by molar-refractivity contribution is -0.137. The molecule has 0 aliphatic heterocycles. The highest BCUT2D eigenvalue weighted by atomic mass is 19.4. The molecule has 0 unspecified atom stereocenters. The van der Waals surface area contributed by atoms with Crippen molar-refractivity contribution in [2.45, 2.75) is 12.8 Å². The van der Waals surface area contributed by atoms with Gasteiger partial charge >= 0.3 is 6.18 Å². The number of halogens is 3. The summed E-state index contributed by atoms with van der Waals surface area (Å²) in [5.74, 6) is 0. The number of alkyl halides is 3. The van der Waals surface area contributed by atoms with Crippen LogP contribution in [0.2, 0.25) is 0 Å². The molecular weight excluding hydrogens is 267 g/mol. The van der Waals surface area contributed by atoms with Gasteiger partial charge in [-0.3, -0.25) is 0 Å². The third-order valence-electron chi connectivity index (χ3n) is 2.61. The second kappa shape index (κ2) is 6.23. The Hall–Kier alpha value is -2.30. The minimum atomic E-state index is -4.40. The van der Waals surface area contributed by atoms with E-state index in [1.807, 2.05) is 30.3 Å². The Morgan fingerprint density at radius 3 is 2.30 bits per heavy atom. The van der Waals surface area contributed by atoms with Crippen molar-refractivity contribution in [3.63, 3.8) is 0 Å². The van der Waals surface area contributed by atoms with E-state index in [-0.39, 0.29) is 12.2 Å². The van der Waals surface area contributed by atoms with Crippen molar-refractivity contribution < 1.29 is 18.0 Å². The molecule has 104 valence electrons. The number of nitrogens with zero attached hydrogens (tertiary/aromatic N) is 1. The summed E-state index contributed by atoms with van der Waals surface area (Å²) in [5, 5.41) is 3.59. The van der Waals surface area contributed by atoms with Crippen LogP contribution >= 0.6 is 0 Å². The Labute approximate surface area is 114 Å². The molecule has 0 amide bonds. The van der Waals surface area contributed by atoms with Crippen LogP contribution in [0.3, 0.4) is 0 Å². The monoisotopic (exact) mass is 279 g/mol. The molecule has 0 aromatic heterocycles. The Balaban J connectivity index is 2.02. The zero-order valence-electron chi connectivity index (χ0n) is 10.5. The molecule has 2 rings (SSSR count). The van der Waals surface area contributed by atoms with Gasteiger partial charge in [-0.25, -0.2) is 0 Å². The minimum Gasteiger partial charge on any atom is -0.391 e. The van der Waals surface area contributed by atoms with Crippen LogP contribution in [-0.2, 0) is 17.6 Å². The van der Waals surface area contributed by atoms with E-state index < -0.39 is 11.7 Å². The van der Waals surface area contributed by atoms with E-state index >= 15 is 0 Å². The van der Waals surface area contributed by atoms with Crippen molar-refractivity contribution in [1.29, 1.82) is 0 Å². The molecule has 2 aromatic carbocycles. The van der Waals surface area contributed by atoms with Gasteiger partial charge in [0, 0.05) is 5.56 Å². The molecule has 5 heteroatoms. The standard InChI is InChI=1S/C15H12F3NO/c16-15(17,18)14-9-5-4-8-13(14)10-19-20-11-12-6-2-1-3-7-12/h1-10H,11H2. The highest BCUT2D eigenvalue weighted by Crippen LogP contribution is 2.31. The molecule has 0 saturated heterocycles. The van der Waals surface area contributed by atoms with E-state index in [1.165, 1.54) is 18.2 Å². The van der Waals surface area contributed by atoms with Gasteiger partial charge in [0.25, 0.3) is 0 Å². The maximum absolute atomic E-state index is 12.7. The van der Waals surface area contributed by atoms with Gasteiger partial charge in [-0.1, -0.05) is 53.7 Å². The molecule has 2 aromatic rings. The van der Waals surface area contributed by atoms with Crippen LogP contribution in [0.15, 0.2) is 59.8 Å². The summed E-state index contributed by atoms with van der Waals surface area (Å²) in [4.78, 5) is 4.99. The van der Waals surface area contributed by atoms with Gasteiger partial charge in [-0.15, -0.1) is 0 Å². The van der Waals surface area contributed by atoms with Crippen molar-refractivity contribution in [2.75, 3.05) is 0 Å². The molecule has 0 radical (unpaired) electrons. The van der Waals surface area contributed by atoms with Gasteiger partial charge in [0.2, 0.25) is 0 Å². The maximum Gasteiger partial charge on any atom is 0.417 e. The average Bonchev–Trinajstić information content (AvgIpc) is 2.44. The molecule has 0 fully saturated rings. The third-order valence-corrected chi connectivity index (χ3v) is 2.61. The molecule has 0 heterocycles. The van der Waals surface area contributed by atoms with Crippen LogP contribution in [0.5, 0.6) is 0 Å². The van der Waals surface area contributed by atoms with E-state index in [0.29, 0.717) is 0 Å². The molecule has 0 aliphatic rings. The Kier molecular flexibility index (Phi) is 4.40. The number of hydrogen-bond acceptors (Lipinski definition) is 2. The molecule has 0 N–H and O–H groups in total. The first-order valence-electron chi connectivity index (χ1n) is 5.93. The van der Waals surface area contributed by atoms with Crippen LogP contribution in [-0.4, -0.2) is 6.21 Å². The molecule has 0 saturated carbocycles. The summed E-state index contributed by atoms with van der Waals surface area (Å²) < 4.78 is 38.2. The fourth-order valence-electron chi connectivity index (χ4n) is 1.65. The van der Waals surface area contributed by atoms with Gasteiger partial charge < -0.3 is 4.84 Å². The lowest BCUT2D eigenvalue weighted by Gasteiger charge is -2.09. The fourth-order valence-corrected chi connectivity index (χ4v) is 1.65. The number of hydrogen-bond donors (Lipinski definition) is 0. The van der Waals surface area contributed by atoms with Crippen molar-refractivity contribution in [1.82, 2.24) is 0 Å². The van der Waals surface area contributed by atoms with Gasteiger partial charge in [0.15, 0.2) is 0 Å². The zero-order valence-corrected chi connectivity index (χ0v) is 10.5. The Morgan fingerprint density at radius 2 is 1.60 bits per heavy atom. The second-order valence-corrected chi connectivity index (χ2v) is 4.08. The predicted molar refractivity (Wildman–Crippen MR) is 70.3 cm³/mol. The summed E-state index contributed by atoms with van der Waals surface area (Å²) in [5.41, 5.74) is 0.147. The van der Waals surface area contributed by atoms with E-state index in [9.17, 15) is 13.2 Å². The first-order chi connectivity index (χ1) is 9.57. The summed E-state index contributed by atoms with van der Waals surface area (Å²) in [6, 6.07) is 14.5. The normalized spacial score (nSPS) is 11.8. The van der Waals surface area contributed by atoms with Gasteiger partial charge in [-0.2, -0.15) is 13.2 Å². The highest BCUT2D eigenvalue weighted by molar-refractivity contribution is 5.81. The van der Waals surface area contributed by atoms with Crippen LogP contribution in [0.1, 0.15) is 16.7 Å². The summed E-state index contributed by atoms with van der Waals surface area (Å²) in [6.45, 7) is 0.214. The van der Waals surface area contributed by atoms with Crippen LogP contribution in [0.25, 0.3) is 0 Å². The average molecular weight is 279 g/mol. The number of benzene rings is 2. The largest absolute Gasteiger partial charge is 0.417 e. The van der Waals surface area contributed by atoms with Gasteiger partial charge in [0.05, 0.1) is 11.8 Å². The SMILES string of the molecule is FC(F)(F)c1ccccc1C=NOCc1ccccc1. The molecule has 0 aliphatic carbocycles. The van der Waals surface area contributed by atoms with Gasteiger partial charge in [-0.05, 0) is 11.6 Å². The van der Waals surface area contributed by atoms with Crippen molar-refractivity contribution in [3.8, 4) is 0 Å². The van der Waals surface area contributed by atoms with Crippen molar-refractivity contribution >= 4 is 6.21 Å². The Bertz CT molecular complexity index is 579. The molecule has 20 heavy (non-hydrogen) atoms. The van der Waals surface area contributed by atoms with Crippen LogP contribution in [0, 0.1) is 0 Å². The molecule has 0 atom stereocenters. The van der Waals surface area contributed by atoms with Gasteiger partial charge in [0.1, 0.15) is 6.61 Å². The summed E-state index contributed by atoms with van der Waals surface area (Å²) in [7, 11) is 0.